The molecule has 2 atom stereocenters. The Morgan fingerprint density at radius 2 is 1.93 bits per heavy atom. The predicted molar refractivity (Wildman–Crippen MR) is 101 cm³/mol. The molecule has 0 aromatic heterocycles. The maximum atomic E-state index is 12.7. The summed E-state index contributed by atoms with van der Waals surface area (Å²) < 4.78 is 5.06. The number of carbonyl (C=O) groups excluding carboxylic acids is 2. The summed E-state index contributed by atoms with van der Waals surface area (Å²) in [6, 6.07) is 4.94. The van der Waals surface area contributed by atoms with Gasteiger partial charge in [0.15, 0.2) is 5.92 Å². The number of amides is 1. The van der Waals surface area contributed by atoms with Crippen LogP contribution in [-0.4, -0.2) is 72.4 Å². The van der Waals surface area contributed by atoms with Gasteiger partial charge in [0.2, 0.25) is 11.9 Å². The van der Waals surface area contributed by atoms with E-state index in [0.29, 0.717) is 24.6 Å². The Balaban J connectivity index is 1.94. The van der Waals surface area contributed by atoms with Crippen LogP contribution in [-0.2, 0) is 14.3 Å². The lowest BCUT2D eigenvalue weighted by molar-refractivity contribution is -0.384. The van der Waals surface area contributed by atoms with E-state index in [4.69, 9.17) is 4.74 Å². The van der Waals surface area contributed by atoms with Crippen LogP contribution in [0.2, 0.25) is 0 Å². The Morgan fingerprint density at radius 1 is 1.29 bits per heavy atom. The van der Waals surface area contributed by atoms with E-state index < -0.39 is 28.8 Å². The van der Waals surface area contributed by atoms with E-state index in [1.54, 1.807) is 6.92 Å². The lowest BCUT2D eigenvalue weighted by Gasteiger charge is -2.37. The number of esters is 1. The van der Waals surface area contributed by atoms with Crippen LogP contribution >= 0.6 is 0 Å². The molecule has 1 fully saturated rings. The van der Waals surface area contributed by atoms with Gasteiger partial charge in [-0.1, -0.05) is 12.1 Å². The summed E-state index contributed by atoms with van der Waals surface area (Å²) in [5.41, 5.74) is 0.477. The largest absolute Gasteiger partial charge is 0.465 e. The molecule has 3 rings (SSSR count). The van der Waals surface area contributed by atoms with Crippen LogP contribution in [0.1, 0.15) is 18.5 Å². The number of piperazine rings is 1. The van der Waals surface area contributed by atoms with Crippen molar-refractivity contribution in [2.24, 2.45) is 10.9 Å². The molecule has 2 aliphatic heterocycles. The van der Waals surface area contributed by atoms with Crippen molar-refractivity contribution in [1.29, 1.82) is 0 Å². The molecule has 28 heavy (non-hydrogen) atoms. The Kier molecular flexibility index (Phi) is 5.88. The first kappa shape index (κ1) is 19.7. The SMILES string of the molecule is CCOC(=O)[C@H]1C(=O)NC(N2CCN(C)CC2)=N[C@H]1c1ccc([N+](=O)[O-])cc1. The fourth-order valence-corrected chi connectivity index (χ4v) is 3.28. The van der Waals surface area contributed by atoms with Crippen LogP contribution in [0.3, 0.4) is 0 Å². The number of nitrogens with zero attached hydrogens (tertiary/aromatic N) is 4. The average Bonchev–Trinajstić information content (AvgIpc) is 2.68. The zero-order valence-corrected chi connectivity index (χ0v) is 15.8. The third-order valence-corrected chi connectivity index (χ3v) is 4.88. The first-order chi connectivity index (χ1) is 13.4. The second kappa shape index (κ2) is 8.34. The van der Waals surface area contributed by atoms with Crippen molar-refractivity contribution in [3.8, 4) is 0 Å². The zero-order valence-electron chi connectivity index (χ0n) is 15.8. The average molecular weight is 389 g/mol. The molecule has 1 amide bonds. The second-order valence-corrected chi connectivity index (χ2v) is 6.76. The Labute approximate surface area is 162 Å². The van der Waals surface area contributed by atoms with Crippen molar-refractivity contribution in [2.45, 2.75) is 13.0 Å². The summed E-state index contributed by atoms with van der Waals surface area (Å²) >= 11 is 0. The van der Waals surface area contributed by atoms with E-state index in [1.165, 1.54) is 24.3 Å². The first-order valence-electron chi connectivity index (χ1n) is 9.14. The van der Waals surface area contributed by atoms with Crippen molar-refractivity contribution in [3.05, 3.63) is 39.9 Å². The van der Waals surface area contributed by atoms with Crippen LogP contribution < -0.4 is 5.32 Å². The van der Waals surface area contributed by atoms with Crippen molar-refractivity contribution in [2.75, 3.05) is 39.8 Å². The number of carbonyl (C=O) groups is 2. The normalized spacial score (nSPS) is 23.0. The van der Waals surface area contributed by atoms with E-state index in [0.717, 1.165) is 13.1 Å². The van der Waals surface area contributed by atoms with Gasteiger partial charge in [0.25, 0.3) is 5.69 Å². The van der Waals surface area contributed by atoms with Gasteiger partial charge in [-0.05, 0) is 19.5 Å². The standard InChI is InChI=1S/C18H23N5O5/c1-3-28-17(25)14-15(12-4-6-13(7-5-12)23(26)27)19-18(20-16(14)24)22-10-8-21(2)9-11-22/h4-7,14-15H,3,8-11H2,1-2H3,(H,19,20,24)/t14-,15+/m1/s1. The Morgan fingerprint density at radius 3 is 2.50 bits per heavy atom. The van der Waals surface area contributed by atoms with Crippen molar-refractivity contribution >= 4 is 23.5 Å². The fraction of sp³-hybridized carbons (Fsp3) is 0.500. The van der Waals surface area contributed by atoms with Gasteiger partial charge in [0.05, 0.1) is 11.5 Å². The van der Waals surface area contributed by atoms with Gasteiger partial charge in [0, 0.05) is 38.3 Å². The lowest BCUT2D eigenvalue weighted by Crippen LogP contribution is -2.56. The molecule has 2 aliphatic rings. The van der Waals surface area contributed by atoms with Gasteiger partial charge in [0.1, 0.15) is 6.04 Å². The van der Waals surface area contributed by atoms with Gasteiger partial charge in [-0.2, -0.15) is 0 Å². The zero-order chi connectivity index (χ0) is 20.3. The van der Waals surface area contributed by atoms with E-state index >= 15 is 0 Å². The molecule has 150 valence electrons. The molecular formula is C18H23N5O5. The summed E-state index contributed by atoms with van der Waals surface area (Å²) in [5.74, 6) is -1.87. The number of hydrogen-bond acceptors (Lipinski definition) is 8. The summed E-state index contributed by atoms with van der Waals surface area (Å²) in [4.78, 5) is 44.4. The Bertz CT molecular complexity index is 786. The highest BCUT2D eigenvalue weighted by molar-refractivity contribution is 6.08. The summed E-state index contributed by atoms with van der Waals surface area (Å²) in [7, 11) is 2.02. The molecule has 0 radical (unpaired) electrons. The molecule has 2 heterocycles. The molecule has 0 unspecified atom stereocenters. The van der Waals surface area contributed by atoms with Crippen LogP contribution in [0, 0.1) is 16.0 Å². The maximum absolute atomic E-state index is 12.7. The summed E-state index contributed by atoms with van der Waals surface area (Å²) in [6.07, 6.45) is 0. The van der Waals surface area contributed by atoms with Crippen LogP contribution in [0.25, 0.3) is 0 Å². The van der Waals surface area contributed by atoms with E-state index in [9.17, 15) is 19.7 Å². The van der Waals surface area contributed by atoms with E-state index in [2.05, 4.69) is 15.2 Å². The van der Waals surface area contributed by atoms with Gasteiger partial charge >= 0.3 is 5.97 Å². The number of non-ortho nitro benzene ring substituents is 1. The van der Waals surface area contributed by atoms with Gasteiger partial charge < -0.3 is 14.5 Å². The molecule has 10 nitrogen and oxygen atoms in total. The number of likely N-dealkylation sites (N-methyl/N-ethyl adjacent to an activating group) is 1. The minimum atomic E-state index is -1.14. The molecule has 1 saturated heterocycles. The number of aliphatic imine (C=N–C) groups is 1. The molecule has 1 N–H and O–H groups in total. The number of benzene rings is 1. The highest BCUT2D eigenvalue weighted by Gasteiger charge is 2.42. The molecule has 0 spiro atoms. The molecule has 0 bridgehead atoms. The fourth-order valence-electron chi connectivity index (χ4n) is 3.28. The maximum Gasteiger partial charge on any atom is 0.321 e. The van der Waals surface area contributed by atoms with Crippen molar-refractivity contribution < 1.29 is 19.2 Å². The topological polar surface area (TPSA) is 117 Å². The molecule has 1 aromatic rings. The number of nitro benzene ring substituents is 1. The predicted octanol–water partition coefficient (Wildman–Crippen LogP) is 0.548. The monoisotopic (exact) mass is 389 g/mol. The minimum Gasteiger partial charge on any atom is -0.465 e. The van der Waals surface area contributed by atoms with Crippen LogP contribution in [0.15, 0.2) is 29.3 Å². The highest BCUT2D eigenvalue weighted by Crippen LogP contribution is 2.32. The number of ether oxygens (including phenoxy) is 1. The third kappa shape index (κ3) is 4.11. The lowest BCUT2D eigenvalue weighted by atomic mass is 9.91. The Hall–Kier alpha value is -3.01. The molecule has 1 aromatic carbocycles. The number of rotatable bonds is 4. The van der Waals surface area contributed by atoms with E-state index in [1.807, 2.05) is 11.9 Å². The molecule has 10 heteroatoms. The second-order valence-electron chi connectivity index (χ2n) is 6.76. The smallest absolute Gasteiger partial charge is 0.321 e. The number of nitrogens with one attached hydrogen (secondary N) is 1. The van der Waals surface area contributed by atoms with E-state index in [-0.39, 0.29) is 12.3 Å². The van der Waals surface area contributed by atoms with Gasteiger partial charge in [-0.3, -0.25) is 25.0 Å². The number of guanidine groups is 1. The summed E-state index contributed by atoms with van der Waals surface area (Å²) in [5, 5.41) is 13.6. The molecular weight excluding hydrogens is 366 g/mol. The minimum absolute atomic E-state index is 0.0695. The first-order valence-corrected chi connectivity index (χ1v) is 9.14. The van der Waals surface area contributed by atoms with Gasteiger partial charge in [-0.25, -0.2) is 4.99 Å². The molecule has 0 aliphatic carbocycles. The van der Waals surface area contributed by atoms with Crippen LogP contribution in [0.5, 0.6) is 0 Å². The third-order valence-electron chi connectivity index (χ3n) is 4.88. The quantitative estimate of drug-likeness (QED) is 0.346. The van der Waals surface area contributed by atoms with Crippen LogP contribution in [0.4, 0.5) is 5.69 Å². The highest BCUT2D eigenvalue weighted by atomic mass is 16.6. The van der Waals surface area contributed by atoms with Crippen molar-refractivity contribution in [1.82, 2.24) is 15.1 Å². The molecule has 0 saturated carbocycles. The van der Waals surface area contributed by atoms with Gasteiger partial charge in [-0.15, -0.1) is 0 Å². The number of hydrogen-bond donors (Lipinski definition) is 1. The number of nitro groups is 1. The summed E-state index contributed by atoms with van der Waals surface area (Å²) in [6.45, 7) is 4.87. The van der Waals surface area contributed by atoms with Crippen molar-refractivity contribution in [3.63, 3.8) is 0 Å².